The Morgan fingerprint density at radius 3 is 2.58 bits per heavy atom. The summed E-state index contributed by atoms with van der Waals surface area (Å²) >= 11 is 3.09. The van der Waals surface area contributed by atoms with Crippen LogP contribution in [0.25, 0.3) is 0 Å². The van der Waals surface area contributed by atoms with Gasteiger partial charge in [-0.1, -0.05) is 19.1 Å². The van der Waals surface area contributed by atoms with E-state index in [0.29, 0.717) is 0 Å². The summed E-state index contributed by atoms with van der Waals surface area (Å²) in [6.07, 6.45) is 1.23. The van der Waals surface area contributed by atoms with Crippen molar-refractivity contribution in [1.29, 1.82) is 0 Å². The van der Waals surface area contributed by atoms with Crippen LogP contribution in [0.1, 0.15) is 24.6 Å². The average Bonchev–Trinajstić information content (AvgIpc) is 2.42. The summed E-state index contributed by atoms with van der Waals surface area (Å²) < 4.78 is 27.3. The van der Waals surface area contributed by atoms with Crippen molar-refractivity contribution >= 4 is 15.9 Å². The van der Waals surface area contributed by atoms with Crippen LogP contribution in [-0.4, -0.2) is 10.1 Å². The standard InChI is InChI=1S/C14H12BrF2NO/c1-2-14(19,12-7-6-9(16)8-18-12)10-4-3-5-11(15)13(10)17/h3-8,19H,2H2,1H3. The van der Waals surface area contributed by atoms with Gasteiger partial charge in [0.05, 0.1) is 16.4 Å². The number of hydrogen-bond donors (Lipinski definition) is 1. The molecule has 1 heterocycles. The Labute approximate surface area is 118 Å². The Kier molecular flexibility index (Phi) is 3.96. The first kappa shape index (κ1) is 14.1. The van der Waals surface area contributed by atoms with E-state index in [4.69, 9.17) is 0 Å². The van der Waals surface area contributed by atoms with Gasteiger partial charge in [-0.3, -0.25) is 4.98 Å². The molecule has 1 aromatic carbocycles. The molecule has 2 rings (SSSR count). The minimum Gasteiger partial charge on any atom is -0.379 e. The molecular formula is C14H12BrF2NO. The zero-order chi connectivity index (χ0) is 14.0. The van der Waals surface area contributed by atoms with E-state index >= 15 is 0 Å². The minimum atomic E-state index is -1.58. The highest BCUT2D eigenvalue weighted by Crippen LogP contribution is 2.35. The SMILES string of the molecule is CCC(O)(c1ccc(F)cn1)c1cccc(Br)c1F. The fraction of sp³-hybridized carbons (Fsp3) is 0.214. The molecule has 0 saturated carbocycles. The third-order valence-corrected chi connectivity index (χ3v) is 3.67. The van der Waals surface area contributed by atoms with Crippen LogP contribution in [0.15, 0.2) is 41.0 Å². The second-order valence-electron chi connectivity index (χ2n) is 4.18. The third-order valence-electron chi connectivity index (χ3n) is 3.06. The van der Waals surface area contributed by atoms with Gasteiger partial charge < -0.3 is 5.11 Å². The summed E-state index contributed by atoms with van der Waals surface area (Å²) in [6, 6.07) is 7.23. The Morgan fingerprint density at radius 2 is 2.00 bits per heavy atom. The highest BCUT2D eigenvalue weighted by Gasteiger charge is 2.34. The minimum absolute atomic E-state index is 0.114. The topological polar surface area (TPSA) is 33.1 Å². The van der Waals surface area contributed by atoms with Crippen molar-refractivity contribution in [2.45, 2.75) is 18.9 Å². The predicted octanol–water partition coefficient (Wildman–Crippen LogP) is 3.77. The van der Waals surface area contributed by atoms with E-state index < -0.39 is 17.2 Å². The quantitative estimate of drug-likeness (QED) is 0.930. The molecule has 100 valence electrons. The maximum atomic E-state index is 14.1. The molecule has 0 radical (unpaired) electrons. The number of rotatable bonds is 3. The number of nitrogens with zero attached hydrogens (tertiary/aromatic N) is 1. The number of hydrogen-bond acceptors (Lipinski definition) is 2. The summed E-state index contributed by atoms with van der Waals surface area (Å²) in [7, 11) is 0. The van der Waals surface area contributed by atoms with Gasteiger partial charge in [0.2, 0.25) is 0 Å². The highest BCUT2D eigenvalue weighted by molar-refractivity contribution is 9.10. The third kappa shape index (κ3) is 2.53. The van der Waals surface area contributed by atoms with Gasteiger partial charge in [-0.25, -0.2) is 8.78 Å². The number of halogens is 3. The average molecular weight is 328 g/mol. The van der Waals surface area contributed by atoms with Gasteiger partial charge in [0.15, 0.2) is 0 Å². The Bertz CT molecular complexity index is 588. The van der Waals surface area contributed by atoms with Crippen molar-refractivity contribution in [2.75, 3.05) is 0 Å². The van der Waals surface area contributed by atoms with Crippen LogP contribution in [-0.2, 0) is 5.60 Å². The van der Waals surface area contributed by atoms with Gasteiger partial charge in [-0.15, -0.1) is 0 Å². The lowest BCUT2D eigenvalue weighted by Gasteiger charge is -2.27. The summed E-state index contributed by atoms with van der Waals surface area (Å²) in [5.41, 5.74) is -1.25. The molecule has 19 heavy (non-hydrogen) atoms. The monoisotopic (exact) mass is 327 g/mol. The molecule has 0 bridgehead atoms. The van der Waals surface area contributed by atoms with Gasteiger partial charge in [0.25, 0.3) is 0 Å². The van der Waals surface area contributed by atoms with Crippen LogP contribution < -0.4 is 0 Å². The molecule has 0 aliphatic carbocycles. The molecule has 0 aliphatic rings. The van der Waals surface area contributed by atoms with Crippen molar-refractivity contribution in [3.63, 3.8) is 0 Å². The van der Waals surface area contributed by atoms with Gasteiger partial charge >= 0.3 is 0 Å². The molecule has 0 saturated heterocycles. The van der Waals surface area contributed by atoms with E-state index in [-0.39, 0.29) is 22.2 Å². The van der Waals surface area contributed by atoms with E-state index in [9.17, 15) is 13.9 Å². The fourth-order valence-electron chi connectivity index (χ4n) is 1.95. The van der Waals surface area contributed by atoms with Gasteiger partial charge in [0.1, 0.15) is 17.2 Å². The first-order valence-electron chi connectivity index (χ1n) is 5.78. The number of pyridine rings is 1. The lowest BCUT2D eigenvalue weighted by atomic mass is 9.87. The van der Waals surface area contributed by atoms with Crippen LogP contribution in [0.3, 0.4) is 0 Å². The Balaban J connectivity index is 2.59. The Hall–Kier alpha value is -1.33. The van der Waals surface area contributed by atoms with E-state index in [2.05, 4.69) is 20.9 Å². The summed E-state index contributed by atoms with van der Waals surface area (Å²) in [5, 5.41) is 10.7. The van der Waals surface area contributed by atoms with Gasteiger partial charge in [-0.2, -0.15) is 0 Å². The number of benzene rings is 1. The van der Waals surface area contributed by atoms with Crippen molar-refractivity contribution in [3.05, 3.63) is 63.9 Å². The summed E-state index contributed by atoms with van der Waals surface area (Å²) in [4.78, 5) is 3.86. The molecule has 1 aromatic heterocycles. The smallest absolute Gasteiger partial charge is 0.143 e. The van der Waals surface area contributed by atoms with Crippen LogP contribution in [0.4, 0.5) is 8.78 Å². The maximum absolute atomic E-state index is 14.1. The molecule has 0 spiro atoms. The molecule has 2 aromatic rings. The zero-order valence-electron chi connectivity index (χ0n) is 10.2. The van der Waals surface area contributed by atoms with Crippen LogP contribution in [0, 0.1) is 11.6 Å². The Morgan fingerprint density at radius 1 is 1.26 bits per heavy atom. The molecular weight excluding hydrogens is 316 g/mol. The molecule has 1 atom stereocenters. The van der Waals surface area contributed by atoms with Gasteiger partial charge in [0, 0.05) is 5.56 Å². The zero-order valence-corrected chi connectivity index (χ0v) is 11.8. The second-order valence-corrected chi connectivity index (χ2v) is 5.03. The first-order valence-corrected chi connectivity index (χ1v) is 6.57. The molecule has 1 unspecified atom stereocenters. The van der Waals surface area contributed by atoms with Crippen LogP contribution in [0.2, 0.25) is 0 Å². The van der Waals surface area contributed by atoms with Gasteiger partial charge in [-0.05, 0) is 40.5 Å². The molecule has 0 aliphatic heterocycles. The van der Waals surface area contributed by atoms with E-state index in [0.717, 1.165) is 6.20 Å². The molecule has 2 nitrogen and oxygen atoms in total. The maximum Gasteiger partial charge on any atom is 0.143 e. The summed E-state index contributed by atoms with van der Waals surface area (Å²) in [6.45, 7) is 1.71. The van der Waals surface area contributed by atoms with E-state index in [1.165, 1.54) is 18.2 Å². The predicted molar refractivity (Wildman–Crippen MR) is 71.6 cm³/mol. The van der Waals surface area contributed by atoms with Crippen LogP contribution >= 0.6 is 15.9 Å². The highest BCUT2D eigenvalue weighted by atomic mass is 79.9. The largest absolute Gasteiger partial charge is 0.379 e. The molecule has 5 heteroatoms. The summed E-state index contributed by atoms with van der Waals surface area (Å²) in [5.74, 6) is -1.05. The number of aromatic nitrogens is 1. The second kappa shape index (κ2) is 5.35. The first-order chi connectivity index (χ1) is 8.99. The van der Waals surface area contributed by atoms with Crippen molar-refractivity contribution in [2.24, 2.45) is 0 Å². The van der Waals surface area contributed by atoms with Crippen molar-refractivity contribution in [3.8, 4) is 0 Å². The van der Waals surface area contributed by atoms with Crippen LogP contribution in [0.5, 0.6) is 0 Å². The lowest BCUT2D eigenvalue weighted by Crippen LogP contribution is -2.29. The lowest BCUT2D eigenvalue weighted by molar-refractivity contribution is 0.0677. The number of aliphatic hydroxyl groups is 1. The van der Waals surface area contributed by atoms with E-state index in [1.807, 2.05) is 0 Å². The molecule has 0 amide bonds. The fourth-order valence-corrected chi connectivity index (χ4v) is 2.32. The van der Waals surface area contributed by atoms with Crippen molar-refractivity contribution < 1.29 is 13.9 Å². The molecule has 1 N–H and O–H groups in total. The molecule has 0 fully saturated rings. The van der Waals surface area contributed by atoms with Crippen molar-refractivity contribution in [1.82, 2.24) is 4.98 Å². The normalized spacial score (nSPS) is 14.2. The van der Waals surface area contributed by atoms with E-state index in [1.54, 1.807) is 19.1 Å².